The third-order valence-corrected chi connectivity index (χ3v) is 4.09. The second-order valence-corrected chi connectivity index (χ2v) is 6.20. The zero-order valence-electron chi connectivity index (χ0n) is 11.9. The lowest BCUT2D eigenvalue weighted by Gasteiger charge is -2.10. The third-order valence-electron chi connectivity index (χ3n) is 3.56. The van der Waals surface area contributed by atoms with Crippen molar-refractivity contribution in [2.75, 3.05) is 6.54 Å². The lowest BCUT2D eigenvalue weighted by Crippen LogP contribution is -2.25. The first-order chi connectivity index (χ1) is 9.69. The van der Waals surface area contributed by atoms with Gasteiger partial charge in [0.15, 0.2) is 6.54 Å². The molecular weight excluding hydrogens is 316 g/mol. The van der Waals surface area contributed by atoms with Gasteiger partial charge >= 0.3 is 0 Å². The second kappa shape index (κ2) is 7.58. The van der Waals surface area contributed by atoms with Crippen LogP contribution >= 0.6 is 15.9 Å². The second-order valence-electron chi connectivity index (χ2n) is 5.29. The molecule has 0 unspecified atom stereocenters. The molecule has 4 heteroatoms. The van der Waals surface area contributed by atoms with E-state index in [2.05, 4.69) is 28.0 Å². The minimum Gasteiger partial charge on any atom is -0.857 e. The maximum atomic E-state index is 11.9. The highest BCUT2D eigenvalue weighted by Crippen LogP contribution is 2.16. The Bertz CT molecular complexity index is 494. The molecule has 0 amide bonds. The summed E-state index contributed by atoms with van der Waals surface area (Å²) in [5.74, 6) is 0.119. The van der Waals surface area contributed by atoms with Crippen LogP contribution in [0.4, 0.5) is 0 Å². The predicted octanol–water partition coefficient (Wildman–Crippen LogP) is 3.15. The highest BCUT2D eigenvalue weighted by atomic mass is 79.9. The Morgan fingerprint density at radius 3 is 2.75 bits per heavy atom. The number of hydrogen-bond donors (Lipinski definition) is 0. The van der Waals surface area contributed by atoms with Gasteiger partial charge in [0.2, 0.25) is 6.21 Å². The minimum atomic E-state index is 0.0369. The van der Waals surface area contributed by atoms with Gasteiger partial charge in [0.1, 0.15) is 0 Å². The molecule has 0 spiro atoms. The molecular formula is C16H21BrN2O. The molecule has 0 aromatic heterocycles. The van der Waals surface area contributed by atoms with Gasteiger partial charge in [-0.05, 0) is 35.8 Å². The van der Waals surface area contributed by atoms with E-state index in [1.54, 1.807) is 4.68 Å². The Morgan fingerprint density at radius 2 is 2.05 bits per heavy atom. The number of unbranched alkanes of at least 4 members (excludes halogenated alkanes) is 3. The van der Waals surface area contributed by atoms with Crippen molar-refractivity contribution < 1.29 is 9.79 Å². The summed E-state index contributed by atoms with van der Waals surface area (Å²) >= 11 is 3.41. The van der Waals surface area contributed by atoms with Gasteiger partial charge in [-0.15, -0.1) is 0 Å². The summed E-state index contributed by atoms with van der Waals surface area (Å²) in [6.45, 7) is 2.92. The van der Waals surface area contributed by atoms with Crippen molar-refractivity contribution in [2.45, 2.75) is 39.0 Å². The maximum absolute atomic E-state index is 11.9. The molecule has 1 aromatic rings. The van der Waals surface area contributed by atoms with Gasteiger partial charge < -0.3 is 5.11 Å². The fraction of sp³-hybridized carbons (Fsp3) is 0.500. The van der Waals surface area contributed by atoms with E-state index < -0.39 is 0 Å². The highest BCUT2D eigenvalue weighted by molar-refractivity contribution is 9.10. The Kier molecular flexibility index (Phi) is 5.77. The zero-order chi connectivity index (χ0) is 14.4. The minimum absolute atomic E-state index is 0.0369. The van der Waals surface area contributed by atoms with E-state index in [0.29, 0.717) is 0 Å². The van der Waals surface area contributed by atoms with Crippen LogP contribution in [0, 0.1) is 5.92 Å². The van der Waals surface area contributed by atoms with E-state index in [1.165, 1.54) is 19.3 Å². The van der Waals surface area contributed by atoms with Gasteiger partial charge in [0.05, 0.1) is 5.92 Å². The van der Waals surface area contributed by atoms with Gasteiger partial charge in [0.25, 0.3) is 0 Å². The molecule has 1 aromatic carbocycles. The van der Waals surface area contributed by atoms with Crippen LogP contribution < -0.4 is 5.11 Å². The van der Waals surface area contributed by atoms with E-state index in [0.717, 1.165) is 29.4 Å². The Hall–Kier alpha value is -1.16. The molecule has 2 rings (SSSR count). The van der Waals surface area contributed by atoms with Crippen LogP contribution in [0.15, 0.2) is 33.8 Å². The van der Waals surface area contributed by atoms with Crippen molar-refractivity contribution in [1.29, 1.82) is 0 Å². The molecule has 1 atom stereocenters. The van der Waals surface area contributed by atoms with Crippen LogP contribution in [-0.4, -0.2) is 23.3 Å². The van der Waals surface area contributed by atoms with Crippen molar-refractivity contribution in [3.8, 4) is 0 Å². The smallest absolute Gasteiger partial charge is 0.203 e. The largest absolute Gasteiger partial charge is 0.857 e. The third kappa shape index (κ3) is 4.44. The topological polar surface area (TPSA) is 38.4 Å². The number of rotatable bonds is 6. The Labute approximate surface area is 129 Å². The molecule has 0 aliphatic carbocycles. The van der Waals surface area contributed by atoms with E-state index >= 15 is 0 Å². The summed E-state index contributed by atoms with van der Waals surface area (Å²) in [5.41, 5.74) is 1.07. The predicted molar refractivity (Wildman–Crippen MR) is 84.1 cm³/mol. The summed E-state index contributed by atoms with van der Waals surface area (Å²) in [6.07, 6.45) is 7.74. The van der Waals surface area contributed by atoms with Gasteiger partial charge in [-0.3, -0.25) is 0 Å². The monoisotopic (exact) mass is 336 g/mol. The Balaban J connectivity index is 1.91. The van der Waals surface area contributed by atoms with E-state index in [4.69, 9.17) is 0 Å². The molecule has 0 saturated heterocycles. The molecule has 0 radical (unpaired) electrons. The maximum Gasteiger partial charge on any atom is 0.203 e. The standard InChI is InChI=1S/C16H21BrN2O/c1-2-3-4-5-6-14-12-19(18-16(14)20)11-13-7-9-15(17)10-8-13/h7-11,14H,2-6,12H2,1H3/b19-11-/t14-/m0/s1. The van der Waals surface area contributed by atoms with Crippen molar-refractivity contribution in [2.24, 2.45) is 11.0 Å². The summed E-state index contributed by atoms with van der Waals surface area (Å²) < 4.78 is 2.84. The first-order valence-electron chi connectivity index (χ1n) is 7.31. The van der Waals surface area contributed by atoms with Crippen LogP contribution in [-0.2, 0) is 0 Å². The molecule has 1 aliphatic rings. The van der Waals surface area contributed by atoms with Crippen molar-refractivity contribution in [3.63, 3.8) is 0 Å². The fourth-order valence-electron chi connectivity index (χ4n) is 2.39. The van der Waals surface area contributed by atoms with Crippen molar-refractivity contribution in [3.05, 3.63) is 34.3 Å². The summed E-state index contributed by atoms with van der Waals surface area (Å²) in [7, 11) is 0. The molecule has 108 valence electrons. The van der Waals surface area contributed by atoms with E-state index in [-0.39, 0.29) is 11.8 Å². The molecule has 3 nitrogen and oxygen atoms in total. The van der Waals surface area contributed by atoms with Gasteiger partial charge in [-0.25, -0.2) is 0 Å². The van der Waals surface area contributed by atoms with Crippen LogP contribution in [0.3, 0.4) is 0 Å². The molecule has 0 N–H and O–H groups in total. The normalized spacial score (nSPS) is 20.4. The fourth-order valence-corrected chi connectivity index (χ4v) is 2.65. The van der Waals surface area contributed by atoms with Crippen LogP contribution in [0.5, 0.6) is 0 Å². The number of hydrogen-bond acceptors (Lipinski definition) is 2. The lowest BCUT2D eigenvalue weighted by molar-refractivity contribution is -0.523. The Morgan fingerprint density at radius 1 is 1.30 bits per heavy atom. The van der Waals surface area contributed by atoms with Crippen LogP contribution in [0.1, 0.15) is 44.6 Å². The average Bonchev–Trinajstić information content (AvgIpc) is 2.78. The molecule has 1 aliphatic heterocycles. The molecule has 1 heterocycles. The van der Waals surface area contributed by atoms with Crippen LogP contribution in [0.25, 0.3) is 0 Å². The van der Waals surface area contributed by atoms with Crippen LogP contribution in [0.2, 0.25) is 0 Å². The highest BCUT2D eigenvalue weighted by Gasteiger charge is 2.24. The summed E-state index contributed by atoms with van der Waals surface area (Å²) in [5, 5.41) is 16.0. The van der Waals surface area contributed by atoms with Gasteiger partial charge in [-0.1, -0.05) is 53.2 Å². The quantitative estimate of drug-likeness (QED) is 0.580. The van der Waals surface area contributed by atoms with E-state index in [9.17, 15) is 5.11 Å². The molecule has 20 heavy (non-hydrogen) atoms. The van der Waals surface area contributed by atoms with Gasteiger partial charge in [0, 0.05) is 15.9 Å². The zero-order valence-corrected chi connectivity index (χ0v) is 13.5. The summed E-state index contributed by atoms with van der Waals surface area (Å²) in [4.78, 5) is 0. The number of benzene rings is 1. The number of halogens is 1. The first kappa shape index (κ1) is 15.2. The SMILES string of the molecule is CCCCCC[C@H]1C/[N+](=C/c2ccc(Br)cc2)N=C1[O-]. The number of hydrazone groups is 1. The molecule has 0 saturated carbocycles. The van der Waals surface area contributed by atoms with Crippen molar-refractivity contribution >= 4 is 28.0 Å². The number of nitrogens with zero attached hydrogens (tertiary/aromatic N) is 2. The lowest BCUT2D eigenvalue weighted by atomic mass is 10.0. The molecule has 0 bridgehead atoms. The summed E-state index contributed by atoms with van der Waals surface area (Å²) in [6, 6.07) is 8.01. The average molecular weight is 337 g/mol. The molecule has 0 fully saturated rings. The van der Waals surface area contributed by atoms with Crippen molar-refractivity contribution in [1.82, 2.24) is 0 Å². The van der Waals surface area contributed by atoms with E-state index in [1.807, 2.05) is 30.5 Å². The van der Waals surface area contributed by atoms with Gasteiger partial charge in [-0.2, -0.15) is 0 Å². The first-order valence-corrected chi connectivity index (χ1v) is 8.11.